The normalized spacial score (nSPS) is 20.1. The molecule has 3 heterocycles. The number of likely N-dealkylation sites (tertiary alicyclic amines) is 2. The van der Waals surface area contributed by atoms with Gasteiger partial charge in [0.05, 0.1) is 58.3 Å². The van der Waals surface area contributed by atoms with E-state index in [4.69, 9.17) is 29.4 Å². The number of nitrogens with two attached hydrogens (primary N) is 1. The monoisotopic (exact) mass is 695 g/mol. The molecule has 3 atom stereocenters. The Morgan fingerprint density at radius 2 is 1.56 bits per heavy atom. The minimum Gasteiger partial charge on any atom is -0.492 e. The molecule has 13 heteroatoms. The number of morpholine rings is 1. The number of ether oxygens (including phenoxy) is 5. The highest BCUT2D eigenvalue weighted by atomic mass is 16.5. The molecule has 0 aliphatic carbocycles. The number of rotatable bonds is 18. The second-order valence-corrected chi connectivity index (χ2v) is 12.9. The zero-order valence-corrected chi connectivity index (χ0v) is 29.0. The summed E-state index contributed by atoms with van der Waals surface area (Å²) in [6.07, 6.45) is 2.73. The largest absolute Gasteiger partial charge is 0.492 e. The lowest BCUT2D eigenvalue weighted by atomic mass is 9.76. The van der Waals surface area contributed by atoms with E-state index in [0.29, 0.717) is 91.4 Å². The highest BCUT2D eigenvalue weighted by Crippen LogP contribution is 2.39. The van der Waals surface area contributed by atoms with Crippen molar-refractivity contribution in [2.45, 2.75) is 43.7 Å². The summed E-state index contributed by atoms with van der Waals surface area (Å²) >= 11 is 0. The molecular weight excluding hydrogens is 642 g/mol. The van der Waals surface area contributed by atoms with Gasteiger partial charge >= 0.3 is 6.03 Å². The van der Waals surface area contributed by atoms with Crippen LogP contribution in [0.25, 0.3) is 0 Å². The molecule has 0 saturated carbocycles. The average molecular weight is 696 g/mol. The van der Waals surface area contributed by atoms with Crippen molar-refractivity contribution in [2.75, 3.05) is 92.1 Å². The van der Waals surface area contributed by atoms with Crippen molar-refractivity contribution in [1.29, 1.82) is 0 Å². The van der Waals surface area contributed by atoms with Gasteiger partial charge in [-0.25, -0.2) is 4.79 Å². The third-order valence-electron chi connectivity index (χ3n) is 9.42. The maximum absolute atomic E-state index is 13.5. The van der Waals surface area contributed by atoms with Crippen LogP contribution in [0.3, 0.4) is 0 Å². The molecule has 0 unspecified atom stereocenters. The van der Waals surface area contributed by atoms with Crippen LogP contribution in [0.5, 0.6) is 5.75 Å². The molecule has 50 heavy (non-hydrogen) atoms. The lowest BCUT2D eigenvalue weighted by Gasteiger charge is -2.44. The first-order valence-electron chi connectivity index (χ1n) is 17.9. The van der Waals surface area contributed by atoms with Crippen LogP contribution < -0.4 is 21.1 Å². The van der Waals surface area contributed by atoms with E-state index in [-0.39, 0.29) is 48.9 Å². The molecule has 4 N–H and O–H groups in total. The van der Waals surface area contributed by atoms with E-state index in [9.17, 15) is 14.4 Å². The lowest BCUT2D eigenvalue weighted by molar-refractivity contribution is -0.139. The molecule has 0 radical (unpaired) electrons. The topological polar surface area (TPSA) is 154 Å². The number of hydrogen-bond donors (Lipinski definition) is 3. The van der Waals surface area contributed by atoms with Crippen molar-refractivity contribution in [3.05, 3.63) is 65.7 Å². The highest BCUT2D eigenvalue weighted by molar-refractivity contribution is 5.79. The Kier molecular flexibility index (Phi) is 15.1. The first-order valence-corrected chi connectivity index (χ1v) is 17.9. The molecule has 4 amide bonds. The average Bonchev–Trinajstić information content (AvgIpc) is 3.14. The van der Waals surface area contributed by atoms with Crippen LogP contribution >= 0.6 is 0 Å². The minimum absolute atomic E-state index is 0.0205. The zero-order chi connectivity index (χ0) is 35.0. The third kappa shape index (κ3) is 11.4. The Balaban J connectivity index is 1.05. The van der Waals surface area contributed by atoms with Gasteiger partial charge in [0.25, 0.3) is 0 Å². The fourth-order valence-corrected chi connectivity index (χ4v) is 6.93. The molecule has 2 aromatic rings. The standard InChI is InChI=1S/C37H53N5O8/c38-13-19-47-22-24-48-23-21-46-18-12-34(43)39-14-20-49-31-8-4-7-30(25-31)36(28-5-2-1-3-6-28)29-9-15-41(16-10-29)37(45)42-17-11-33-32(26-42)40-35(44)27-50-33/h1-8,25,29,32-33,36H,9-24,26-27,38H2,(H,39,43)(H,40,44)/t32-,33+,36-/m1/s1. The molecule has 5 rings (SSSR count). The van der Waals surface area contributed by atoms with Crippen molar-refractivity contribution in [3.8, 4) is 5.75 Å². The van der Waals surface area contributed by atoms with Gasteiger partial charge in [-0.2, -0.15) is 0 Å². The summed E-state index contributed by atoms with van der Waals surface area (Å²) in [6.45, 7) is 6.52. The number of urea groups is 1. The Bertz CT molecular complexity index is 1340. The van der Waals surface area contributed by atoms with E-state index in [2.05, 4.69) is 47.0 Å². The molecular formula is C37H53N5O8. The summed E-state index contributed by atoms with van der Waals surface area (Å²) in [5.41, 5.74) is 7.77. The number of carbonyl (C=O) groups excluding carboxylic acids is 3. The van der Waals surface area contributed by atoms with Crippen LogP contribution in [0, 0.1) is 5.92 Å². The van der Waals surface area contributed by atoms with Crippen LogP contribution in [-0.2, 0) is 28.5 Å². The van der Waals surface area contributed by atoms with Crippen LogP contribution in [0.1, 0.15) is 42.7 Å². The van der Waals surface area contributed by atoms with Gasteiger partial charge in [-0.3, -0.25) is 9.59 Å². The molecule has 3 fully saturated rings. The van der Waals surface area contributed by atoms with E-state index in [1.165, 1.54) is 11.1 Å². The smallest absolute Gasteiger partial charge is 0.320 e. The van der Waals surface area contributed by atoms with Gasteiger partial charge in [-0.15, -0.1) is 0 Å². The lowest BCUT2D eigenvalue weighted by Crippen LogP contribution is -2.62. The summed E-state index contributed by atoms with van der Waals surface area (Å²) in [5.74, 6) is 1.04. The molecule has 13 nitrogen and oxygen atoms in total. The second kappa shape index (κ2) is 20.2. The molecule has 3 saturated heterocycles. The molecule has 0 aromatic heterocycles. The maximum atomic E-state index is 13.5. The Morgan fingerprint density at radius 1 is 0.860 bits per heavy atom. The van der Waals surface area contributed by atoms with Crippen LogP contribution in [0.2, 0.25) is 0 Å². The SMILES string of the molecule is NCCOCCOCCOCCC(=O)NCCOc1cccc([C@H](c2ccccc2)C2CCN(C(=O)N3CC[C@@H]4OCC(=O)N[C@@H]4C3)CC2)c1. The summed E-state index contributed by atoms with van der Waals surface area (Å²) in [4.78, 5) is 41.4. The van der Waals surface area contributed by atoms with Crippen molar-refractivity contribution in [2.24, 2.45) is 11.7 Å². The fraction of sp³-hybridized carbons (Fsp3) is 0.595. The van der Waals surface area contributed by atoms with Crippen LogP contribution in [0.15, 0.2) is 54.6 Å². The first-order chi connectivity index (χ1) is 24.5. The summed E-state index contributed by atoms with van der Waals surface area (Å²) in [7, 11) is 0. The van der Waals surface area contributed by atoms with Gasteiger partial charge in [0.1, 0.15) is 19.0 Å². The third-order valence-corrected chi connectivity index (χ3v) is 9.42. The molecule has 274 valence electrons. The van der Waals surface area contributed by atoms with Crippen molar-refractivity contribution >= 4 is 17.8 Å². The molecule has 0 spiro atoms. The molecule has 0 bridgehead atoms. The van der Waals surface area contributed by atoms with E-state index >= 15 is 0 Å². The molecule has 3 aliphatic heterocycles. The first kappa shape index (κ1) is 37.5. The predicted molar refractivity (Wildman–Crippen MR) is 187 cm³/mol. The van der Waals surface area contributed by atoms with Gasteiger partial charge < -0.3 is 49.9 Å². The van der Waals surface area contributed by atoms with Crippen LogP contribution in [0.4, 0.5) is 4.79 Å². The second-order valence-electron chi connectivity index (χ2n) is 12.9. The van der Waals surface area contributed by atoms with Gasteiger partial charge in [0.15, 0.2) is 0 Å². The van der Waals surface area contributed by atoms with Crippen molar-refractivity contribution < 1.29 is 38.1 Å². The number of nitrogens with one attached hydrogen (secondary N) is 2. The number of piperidine rings is 2. The van der Waals surface area contributed by atoms with E-state index in [1.54, 1.807) is 0 Å². The molecule has 3 aliphatic rings. The number of benzene rings is 2. The summed E-state index contributed by atoms with van der Waals surface area (Å²) in [6, 6.07) is 18.6. The number of carbonyl (C=O) groups is 3. The Hall–Kier alpha value is -3.75. The summed E-state index contributed by atoms with van der Waals surface area (Å²) < 4.78 is 27.9. The molecule has 2 aromatic carbocycles. The number of fused-ring (bicyclic) bond motifs is 1. The van der Waals surface area contributed by atoms with Gasteiger partial charge in [-0.1, -0.05) is 42.5 Å². The van der Waals surface area contributed by atoms with E-state index < -0.39 is 0 Å². The van der Waals surface area contributed by atoms with Gasteiger partial charge in [0.2, 0.25) is 11.8 Å². The summed E-state index contributed by atoms with van der Waals surface area (Å²) in [5, 5.41) is 5.88. The Morgan fingerprint density at radius 3 is 2.32 bits per heavy atom. The van der Waals surface area contributed by atoms with Crippen molar-refractivity contribution in [3.63, 3.8) is 0 Å². The fourth-order valence-electron chi connectivity index (χ4n) is 6.93. The maximum Gasteiger partial charge on any atom is 0.320 e. The quantitative estimate of drug-likeness (QED) is 0.199. The minimum atomic E-state index is -0.145. The van der Waals surface area contributed by atoms with Gasteiger partial charge in [0, 0.05) is 45.1 Å². The van der Waals surface area contributed by atoms with Gasteiger partial charge in [-0.05, 0) is 48.4 Å². The van der Waals surface area contributed by atoms with E-state index in [0.717, 1.165) is 25.0 Å². The highest BCUT2D eigenvalue weighted by Gasteiger charge is 2.38. The number of nitrogens with zero attached hydrogens (tertiary/aromatic N) is 2. The van der Waals surface area contributed by atoms with Crippen LogP contribution in [-0.4, -0.2) is 132 Å². The Labute approximate surface area is 295 Å². The van der Waals surface area contributed by atoms with Crippen molar-refractivity contribution in [1.82, 2.24) is 20.4 Å². The predicted octanol–water partition coefficient (Wildman–Crippen LogP) is 2.13. The van der Waals surface area contributed by atoms with E-state index in [1.807, 2.05) is 28.0 Å². The number of hydrogen-bond acceptors (Lipinski definition) is 9. The number of amides is 4. The zero-order valence-electron chi connectivity index (χ0n) is 29.0.